The van der Waals surface area contributed by atoms with Crippen LogP contribution in [-0.2, 0) is 10.2 Å². The number of rotatable bonds is 5. The van der Waals surface area contributed by atoms with E-state index >= 15 is 0 Å². The molecule has 1 aliphatic carbocycles. The van der Waals surface area contributed by atoms with Crippen LogP contribution in [0.1, 0.15) is 18.4 Å². The molecule has 0 heterocycles. The van der Waals surface area contributed by atoms with Crippen LogP contribution >= 0.6 is 11.6 Å². The number of halogens is 3. The molecule has 1 aromatic carbocycles. The van der Waals surface area contributed by atoms with E-state index in [1.807, 2.05) is 0 Å². The Morgan fingerprint density at radius 3 is 2.42 bits per heavy atom. The van der Waals surface area contributed by atoms with Crippen molar-refractivity contribution < 1.29 is 18.7 Å². The lowest BCUT2D eigenvalue weighted by atomic mass is 9.95. The first-order valence-electron chi connectivity index (χ1n) is 5.93. The van der Waals surface area contributed by atoms with Crippen molar-refractivity contribution in [1.29, 1.82) is 0 Å². The molecule has 1 aromatic rings. The summed E-state index contributed by atoms with van der Waals surface area (Å²) in [7, 11) is 0. The maximum Gasteiger partial charge on any atom is 0.287 e. The third-order valence-corrected chi connectivity index (χ3v) is 3.57. The molecule has 104 valence electrons. The van der Waals surface area contributed by atoms with Crippen molar-refractivity contribution in [2.45, 2.75) is 24.2 Å². The number of carbonyl (C=O) groups excluding carboxylic acids is 1. The van der Waals surface area contributed by atoms with Crippen LogP contribution in [0.15, 0.2) is 24.3 Å². The minimum Gasteiger partial charge on any atom is -0.390 e. The molecular weight excluding hydrogens is 276 g/mol. The second-order valence-corrected chi connectivity index (χ2v) is 5.22. The van der Waals surface area contributed by atoms with E-state index in [0.29, 0.717) is 17.9 Å². The zero-order valence-electron chi connectivity index (χ0n) is 10.1. The predicted octanol–water partition coefficient (Wildman–Crippen LogP) is 2.12. The van der Waals surface area contributed by atoms with Gasteiger partial charge >= 0.3 is 0 Å². The molecule has 0 radical (unpaired) electrons. The summed E-state index contributed by atoms with van der Waals surface area (Å²) in [5, 5.41) is 11.2. The molecule has 1 saturated carbocycles. The fraction of sp³-hybridized carbons (Fsp3) is 0.462. The summed E-state index contributed by atoms with van der Waals surface area (Å²) in [4.78, 5) is 12.0. The maximum absolute atomic E-state index is 12.9. The number of hydrogen-bond donors (Lipinski definition) is 2. The average Bonchev–Trinajstić information content (AvgIpc) is 3.18. The summed E-state index contributed by atoms with van der Waals surface area (Å²) in [6.45, 7) is -2.13. The average molecular weight is 290 g/mol. The molecule has 3 nitrogen and oxygen atoms in total. The van der Waals surface area contributed by atoms with Crippen LogP contribution < -0.4 is 5.32 Å². The van der Waals surface area contributed by atoms with Crippen molar-refractivity contribution in [3.05, 3.63) is 34.9 Å². The molecule has 0 spiro atoms. The summed E-state index contributed by atoms with van der Waals surface area (Å²) in [6, 6.07) is 6.82. The largest absolute Gasteiger partial charge is 0.390 e. The van der Waals surface area contributed by atoms with Crippen LogP contribution in [0.5, 0.6) is 0 Å². The molecule has 0 unspecified atom stereocenters. The summed E-state index contributed by atoms with van der Waals surface area (Å²) in [5.41, 5.74) is 0.0672. The Hall–Kier alpha value is -1.20. The van der Waals surface area contributed by atoms with Crippen molar-refractivity contribution in [3.8, 4) is 0 Å². The number of amides is 1. The van der Waals surface area contributed by atoms with Crippen LogP contribution in [-0.4, -0.2) is 30.1 Å². The highest BCUT2D eigenvalue weighted by molar-refractivity contribution is 6.30. The highest BCUT2D eigenvalue weighted by atomic mass is 35.5. The first-order chi connectivity index (χ1) is 8.89. The SMILES string of the molecule is O=C(NCC(F)(F)CO)C1(c2ccc(Cl)cc2)CC1. The Morgan fingerprint density at radius 2 is 1.95 bits per heavy atom. The Kier molecular flexibility index (Phi) is 3.78. The van der Waals surface area contributed by atoms with Gasteiger partial charge < -0.3 is 10.4 Å². The van der Waals surface area contributed by atoms with Crippen molar-refractivity contribution in [3.63, 3.8) is 0 Å². The Morgan fingerprint density at radius 1 is 1.37 bits per heavy atom. The zero-order chi connectivity index (χ0) is 14.1. The molecule has 0 bridgehead atoms. The standard InChI is InChI=1S/C13H14ClF2NO2/c14-10-3-1-9(2-4-10)12(5-6-12)11(19)17-7-13(15,16)8-18/h1-4,18H,5-8H2,(H,17,19). The molecule has 19 heavy (non-hydrogen) atoms. The predicted molar refractivity (Wildman–Crippen MR) is 67.4 cm³/mol. The number of alkyl halides is 2. The fourth-order valence-corrected chi connectivity index (χ4v) is 2.10. The second-order valence-electron chi connectivity index (χ2n) is 4.79. The van der Waals surface area contributed by atoms with Gasteiger partial charge in [0.05, 0.1) is 12.0 Å². The molecule has 2 rings (SSSR count). The van der Waals surface area contributed by atoms with E-state index in [4.69, 9.17) is 16.7 Å². The first kappa shape index (κ1) is 14.2. The van der Waals surface area contributed by atoms with Gasteiger partial charge in [0, 0.05) is 5.02 Å². The van der Waals surface area contributed by atoms with E-state index in [1.54, 1.807) is 24.3 Å². The topological polar surface area (TPSA) is 49.3 Å². The van der Waals surface area contributed by atoms with Gasteiger partial charge in [-0.25, -0.2) is 8.78 Å². The fourth-order valence-electron chi connectivity index (χ4n) is 1.98. The van der Waals surface area contributed by atoms with Crippen LogP contribution in [0.2, 0.25) is 5.02 Å². The van der Waals surface area contributed by atoms with E-state index < -0.39 is 30.4 Å². The van der Waals surface area contributed by atoms with Gasteiger partial charge in [-0.2, -0.15) is 0 Å². The number of nitrogens with one attached hydrogen (secondary N) is 1. The van der Waals surface area contributed by atoms with Gasteiger partial charge in [0.2, 0.25) is 5.91 Å². The number of benzene rings is 1. The Labute approximate surface area is 114 Å². The maximum atomic E-state index is 12.9. The molecule has 1 fully saturated rings. The lowest BCUT2D eigenvalue weighted by molar-refractivity contribution is -0.126. The van der Waals surface area contributed by atoms with E-state index in [9.17, 15) is 13.6 Å². The summed E-state index contributed by atoms with van der Waals surface area (Å²) in [6.07, 6.45) is 1.26. The molecule has 1 amide bonds. The van der Waals surface area contributed by atoms with Crippen molar-refractivity contribution in [2.75, 3.05) is 13.2 Å². The second kappa shape index (κ2) is 5.06. The smallest absolute Gasteiger partial charge is 0.287 e. The van der Waals surface area contributed by atoms with Crippen LogP contribution in [0, 0.1) is 0 Å². The summed E-state index contributed by atoms with van der Waals surface area (Å²) >= 11 is 5.77. The Balaban J connectivity index is 2.04. The third kappa shape index (κ3) is 3.04. The third-order valence-electron chi connectivity index (χ3n) is 3.32. The molecule has 6 heteroatoms. The molecular formula is C13H14ClF2NO2. The van der Waals surface area contributed by atoms with Gasteiger partial charge in [-0.3, -0.25) is 4.79 Å². The summed E-state index contributed by atoms with van der Waals surface area (Å²) < 4.78 is 25.8. The number of aliphatic hydroxyl groups excluding tert-OH is 1. The molecule has 2 N–H and O–H groups in total. The highest BCUT2D eigenvalue weighted by Crippen LogP contribution is 2.48. The Bertz CT molecular complexity index is 472. The minimum absolute atomic E-state index is 0.428. The molecule has 0 aromatic heterocycles. The molecule has 0 atom stereocenters. The lowest BCUT2D eigenvalue weighted by Gasteiger charge is -2.19. The quantitative estimate of drug-likeness (QED) is 0.872. The van der Waals surface area contributed by atoms with Gasteiger partial charge in [-0.1, -0.05) is 23.7 Å². The van der Waals surface area contributed by atoms with E-state index in [-0.39, 0.29) is 0 Å². The minimum atomic E-state index is -3.29. The van der Waals surface area contributed by atoms with Crippen molar-refractivity contribution in [1.82, 2.24) is 5.32 Å². The van der Waals surface area contributed by atoms with E-state index in [0.717, 1.165) is 5.56 Å². The molecule has 0 aliphatic heterocycles. The first-order valence-corrected chi connectivity index (χ1v) is 6.30. The van der Waals surface area contributed by atoms with Gasteiger partial charge in [-0.15, -0.1) is 0 Å². The number of hydrogen-bond acceptors (Lipinski definition) is 2. The molecule has 1 aliphatic rings. The lowest BCUT2D eigenvalue weighted by Crippen LogP contribution is -2.43. The van der Waals surface area contributed by atoms with Gasteiger partial charge in [-0.05, 0) is 30.5 Å². The van der Waals surface area contributed by atoms with Gasteiger partial charge in [0.25, 0.3) is 5.92 Å². The van der Waals surface area contributed by atoms with Crippen LogP contribution in [0.25, 0.3) is 0 Å². The highest BCUT2D eigenvalue weighted by Gasteiger charge is 2.51. The van der Waals surface area contributed by atoms with Crippen LogP contribution in [0.4, 0.5) is 8.78 Å². The summed E-state index contributed by atoms with van der Waals surface area (Å²) in [5.74, 6) is -3.71. The van der Waals surface area contributed by atoms with Gasteiger partial charge in [0.15, 0.2) is 0 Å². The zero-order valence-corrected chi connectivity index (χ0v) is 10.9. The van der Waals surface area contributed by atoms with Crippen LogP contribution in [0.3, 0.4) is 0 Å². The number of carbonyl (C=O) groups is 1. The van der Waals surface area contributed by atoms with Crippen molar-refractivity contribution in [2.24, 2.45) is 0 Å². The molecule has 0 saturated heterocycles. The number of aliphatic hydroxyl groups is 1. The normalized spacial score (nSPS) is 17.1. The van der Waals surface area contributed by atoms with E-state index in [2.05, 4.69) is 5.32 Å². The van der Waals surface area contributed by atoms with Crippen molar-refractivity contribution >= 4 is 17.5 Å². The van der Waals surface area contributed by atoms with E-state index in [1.165, 1.54) is 0 Å². The monoisotopic (exact) mass is 289 g/mol. The van der Waals surface area contributed by atoms with Gasteiger partial charge in [0.1, 0.15) is 6.61 Å².